The number of nitro benzene ring substituents is 1. The number of non-ortho nitro benzene ring substituents is 1. The number of nitrogens with zero attached hydrogens (tertiary/aromatic N) is 3. The van der Waals surface area contributed by atoms with Crippen molar-refractivity contribution >= 4 is 32.4 Å². The summed E-state index contributed by atoms with van der Waals surface area (Å²) in [4.78, 5) is 24.4. The number of carbonyl (C=O) groups is 1. The molecule has 3 aromatic carbocycles. The Morgan fingerprint density at radius 3 is 2.28 bits per heavy atom. The lowest BCUT2D eigenvalue weighted by Gasteiger charge is -2.34. The molecule has 1 heterocycles. The summed E-state index contributed by atoms with van der Waals surface area (Å²) < 4.78 is 32.6. The first-order chi connectivity index (χ1) is 15.4. The van der Waals surface area contributed by atoms with E-state index in [0.29, 0.717) is 5.75 Å². The van der Waals surface area contributed by atoms with Crippen molar-refractivity contribution in [3.05, 3.63) is 76.8 Å². The summed E-state index contributed by atoms with van der Waals surface area (Å²) in [5.41, 5.74) is -0.175. The molecule has 10 heteroatoms. The topological polar surface area (TPSA) is 110 Å². The molecule has 32 heavy (non-hydrogen) atoms. The molecule has 1 amide bonds. The van der Waals surface area contributed by atoms with Crippen LogP contribution < -0.4 is 4.74 Å². The molecule has 0 saturated carbocycles. The monoisotopic (exact) mass is 455 g/mol. The van der Waals surface area contributed by atoms with Crippen LogP contribution in [-0.2, 0) is 14.8 Å². The zero-order chi connectivity index (χ0) is 22.7. The maximum absolute atomic E-state index is 12.8. The van der Waals surface area contributed by atoms with Crippen molar-refractivity contribution in [2.75, 3.05) is 32.8 Å². The second-order valence-corrected chi connectivity index (χ2v) is 9.24. The lowest BCUT2D eigenvalue weighted by Crippen LogP contribution is -2.51. The molecular weight excluding hydrogens is 434 g/mol. The van der Waals surface area contributed by atoms with Gasteiger partial charge in [0.15, 0.2) is 6.61 Å². The average molecular weight is 455 g/mol. The number of piperazine rings is 1. The number of carbonyl (C=O) groups excluding carboxylic acids is 1. The fourth-order valence-corrected chi connectivity index (χ4v) is 5.04. The Morgan fingerprint density at radius 2 is 1.59 bits per heavy atom. The Morgan fingerprint density at radius 1 is 0.938 bits per heavy atom. The van der Waals surface area contributed by atoms with E-state index < -0.39 is 14.9 Å². The molecule has 1 saturated heterocycles. The van der Waals surface area contributed by atoms with Crippen molar-refractivity contribution < 1.29 is 22.9 Å². The van der Waals surface area contributed by atoms with E-state index in [1.54, 1.807) is 4.90 Å². The summed E-state index contributed by atoms with van der Waals surface area (Å²) in [6, 6.07) is 18.2. The summed E-state index contributed by atoms with van der Waals surface area (Å²) in [6.07, 6.45) is 0. The van der Waals surface area contributed by atoms with Crippen molar-refractivity contribution in [1.82, 2.24) is 9.21 Å². The number of amides is 1. The van der Waals surface area contributed by atoms with Gasteiger partial charge in [-0.2, -0.15) is 4.31 Å². The lowest BCUT2D eigenvalue weighted by molar-refractivity contribution is -0.384. The number of hydrogen-bond acceptors (Lipinski definition) is 6. The van der Waals surface area contributed by atoms with Crippen LogP contribution in [0.4, 0.5) is 5.69 Å². The summed E-state index contributed by atoms with van der Waals surface area (Å²) >= 11 is 0. The first-order valence-electron chi connectivity index (χ1n) is 9.99. The summed E-state index contributed by atoms with van der Waals surface area (Å²) in [6.45, 7) is 0.621. The molecule has 0 spiro atoms. The third kappa shape index (κ3) is 4.41. The molecular formula is C22H21N3O6S. The number of benzene rings is 3. The molecule has 166 valence electrons. The van der Waals surface area contributed by atoms with Crippen LogP contribution in [0.2, 0.25) is 0 Å². The Hall–Kier alpha value is -3.50. The first-order valence-corrected chi connectivity index (χ1v) is 11.4. The van der Waals surface area contributed by atoms with Crippen LogP contribution in [-0.4, -0.2) is 61.2 Å². The quantitative estimate of drug-likeness (QED) is 0.417. The van der Waals surface area contributed by atoms with E-state index in [1.807, 2.05) is 42.5 Å². The SMILES string of the molecule is O=C(COc1cccc2ccccc12)N1CCN(S(=O)(=O)c2ccc([N+](=O)[O-])cc2)CC1. The van der Waals surface area contributed by atoms with Gasteiger partial charge in [0.1, 0.15) is 5.75 Å². The number of fused-ring (bicyclic) bond motifs is 1. The number of sulfonamides is 1. The van der Waals surface area contributed by atoms with Crippen LogP contribution in [0.15, 0.2) is 71.6 Å². The van der Waals surface area contributed by atoms with E-state index in [-0.39, 0.29) is 49.3 Å². The molecule has 1 aliphatic rings. The molecule has 0 radical (unpaired) electrons. The predicted molar refractivity (Wildman–Crippen MR) is 118 cm³/mol. The van der Waals surface area contributed by atoms with Crippen molar-refractivity contribution in [2.45, 2.75) is 4.90 Å². The van der Waals surface area contributed by atoms with Crippen LogP contribution in [0.1, 0.15) is 0 Å². The van der Waals surface area contributed by atoms with Gasteiger partial charge in [-0.3, -0.25) is 14.9 Å². The van der Waals surface area contributed by atoms with Gasteiger partial charge in [-0.15, -0.1) is 0 Å². The van der Waals surface area contributed by atoms with Gasteiger partial charge in [-0.05, 0) is 23.6 Å². The molecule has 0 unspecified atom stereocenters. The molecule has 0 aliphatic carbocycles. The van der Waals surface area contributed by atoms with Crippen molar-refractivity contribution in [2.24, 2.45) is 0 Å². The Bertz CT molecular complexity index is 1250. The number of hydrogen-bond donors (Lipinski definition) is 0. The number of rotatable bonds is 6. The van der Waals surface area contributed by atoms with Crippen LogP contribution in [0.5, 0.6) is 5.75 Å². The standard InChI is InChI=1S/C22H21N3O6S/c26-22(16-31-21-7-3-5-17-4-1-2-6-20(17)21)23-12-14-24(15-13-23)32(29,30)19-10-8-18(9-11-19)25(27)28/h1-11H,12-16H2. The highest BCUT2D eigenvalue weighted by atomic mass is 32.2. The molecule has 9 nitrogen and oxygen atoms in total. The van der Waals surface area contributed by atoms with Crippen LogP contribution in [0.3, 0.4) is 0 Å². The van der Waals surface area contributed by atoms with E-state index >= 15 is 0 Å². The van der Waals surface area contributed by atoms with Gasteiger partial charge < -0.3 is 9.64 Å². The summed E-state index contributed by atoms with van der Waals surface area (Å²) in [5.74, 6) is 0.404. The summed E-state index contributed by atoms with van der Waals surface area (Å²) in [7, 11) is -3.79. The Kier molecular flexibility index (Phi) is 6.06. The van der Waals surface area contributed by atoms with E-state index in [2.05, 4.69) is 0 Å². The molecule has 0 atom stereocenters. The highest BCUT2D eigenvalue weighted by Crippen LogP contribution is 2.25. The average Bonchev–Trinajstić information content (AvgIpc) is 2.82. The van der Waals surface area contributed by atoms with Gasteiger partial charge in [0.05, 0.1) is 9.82 Å². The molecule has 0 N–H and O–H groups in total. The highest BCUT2D eigenvalue weighted by molar-refractivity contribution is 7.89. The smallest absolute Gasteiger partial charge is 0.269 e. The van der Waals surface area contributed by atoms with E-state index in [9.17, 15) is 23.3 Å². The van der Waals surface area contributed by atoms with Gasteiger partial charge in [-0.1, -0.05) is 36.4 Å². The Balaban J connectivity index is 1.35. The van der Waals surface area contributed by atoms with Crippen molar-refractivity contribution in [3.63, 3.8) is 0 Å². The zero-order valence-electron chi connectivity index (χ0n) is 17.1. The fourth-order valence-electron chi connectivity index (χ4n) is 3.62. The van der Waals surface area contributed by atoms with Crippen LogP contribution >= 0.6 is 0 Å². The predicted octanol–water partition coefficient (Wildman–Crippen LogP) is 2.66. The van der Waals surface area contributed by atoms with Crippen LogP contribution in [0, 0.1) is 10.1 Å². The van der Waals surface area contributed by atoms with E-state index in [4.69, 9.17) is 4.74 Å². The maximum atomic E-state index is 12.8. The molecule has 1 fully saturated rings. The van der Waals surface area contributed by atoms with Gasteiger partial charge >= 0.3 is 0 Å². The fraction of sp³-hybridized carbons (Fsp3) is 0.227. The lowest BCUT2D eigenvalue weighted by atomic mass is 10.1. The first kappa shape index (κ1) is 21.7. The second kappa shape index (κ2) is 8.93. The molecule has 0 bridgehead atoms. The van der Waals surface area contributed by atoms with E-state index in [1.165, 1.54) is 16.4 Å². The number of ether oxygens (including phenoxy) is 1. The van der Waals surface area contributed by atoms with Crippen LogP contribution in [0.25, 0.3) is 10.8 Å². The van der Waals surface area contributed by atoms with Crippen molar-refractivity contribution in [1.29, 1.82) is 0 Å². The van der Waals surface area contributed by atoms with Crippen molar-refractivity contribution in [3.8, 4) is 5.75 Å². The van der Waals surface area contributed by atoms with Gasteiger partial charge in [0.2, 0.25) is 10.0 Å². The molecule has 1 aliphatic heterocycles. The minimum Gasteiger partial charge on any atom is -0.483 e. The zero-order valence-corrected chi connectivity index (χ0v) is 17.9. The minimum absolute atomic E-state index is 0.0119. The Labute approximate surface area is 185 Å². The van der Waals surface area contributed by atoms with Gasteiger partial charge in [0.25, 0.3) is 11.6 Å². The molecule has 0 aromatic heterocycles. The maximum Gasteiger partial charge on any atom is 0.269 e. The van der Waals surface area contributed by atoms with E-state index in [0.717, 1.165) is 22.9 Å². The largest absolute Gasteiger partial charge is 0.483 e. The third-order valence-corrected chi connectivity index (χ3v) is 7.29. The minimum atomic E-state index is -3.79. The molecule has 4 rings (SSSR count). The van der Waals surface area contributed by atoms with Gasteiger partial charge in [-0.25, -0.2) is 8.42 Å². The highest BCUT2D eigenvalue weighted by Gasteiger charge is 2.30. The molecule has 3 aromatic rings. The second-order valence-electron chi connectivity index (χ2n) is 7.30. The normalized spacial score (nSPS) is 14.9. The number of nitro groups is 1. The summed E-state index contributed by atoms with van der Waals surface area (Å²) in [5, 5.41) is 12.7. The third-order valence-electron chi connectivity index (χ3n) is 5.38. The van der Waals surface area contributed by atoms with Gasteiger partial charge in [0, 0.05) is 43.7 Å².